The summed E-state index contributed by atoms with van der Waals surface area (Å²) < 4.78 is 38.5. The third-order valence-corrected chi connectivity index (χ3v) is 2.46. The van der Waals surface area contributed by atoms with Crippen molar-refractivity contribution in [1.82, 2.24) is 0 Å². The Morgan fingerprint density at radius 1 is 1.44 bits per heavy atom. The maximum atomic E-state index is 12.8. The lowest BCUT2D eigenvalue weighted by Crippen LogP contribution is -2.16. The van der Waals surface area contributed by atoms with Gasteiger partial charge >= 0.3 is 6.18 Å². The minimum absolute atomic E-state index is 0.0263. The summed E-state index contributed by atoms with van der Waals surface area (Å²) in [5, 5.41) is 7.00. The Balaban J connectivity index is 3.24. The molecule has 1 aromatic carbocycles. The van der Waals surface area contributed by atoms with Crippen LogP contribution in [0.2, 0.25) is 0 Å². The molecule has 1 rings (SSSR count). The summed E-state index contributed by atoms with van der Waals surface area (Å²) in [5.41, 5.74) is 4.48. The van der Waals surface area contributed by atoms with Crippen LogP contribution in [0.5, 0.6) is 0 Å². The smallest absolute Gasteiger partial charge is 0.386 e. The van der Waals surface area contributed by atoms with Crippen LogP contribution in [0.25, 0.3) is 0 Å². The molecule has 1 aromatic rings. The van der Waals surface area contributed by atoms with Crippen LogP contribution >= 0.6 is 12.6 Å². The minimum atomic E-state index is -4.47. The predicted octanol–water partition coefficient (Wildman–Crippen LogP) is 2.74. The van der Waals surface area contributed by atoms with E-state index in [9.17, 15) is 13.2 Å². The Morgan fingerprint density at radius 3 is 2.56 bits per heavy atom. The maximum Gasteiger partial charge on any atom is 0.417 e. The monoisotopic (exact) mass is 275 g/mol. The van der Waals surface area contributed by atoms with E-state index in [1.807, 2.05) is 0 Å². The molecule has 0 atom stereocenters. The van der Waals surface area contributed by atoms with Crippen molar-refractivity contribution in [2.24, 2.45) is 10.7 Å². The first-order chi connectivity index (χ1) is 8.21. The highest BCUT2D eigenvalue weighted by atomic mass is 32.1. The molecule has 0 heterocycles. The van der Waals surface area contributed by atoms with Crippen molar-refractivity contribution < 1.29 is 13.2 Å². The van der Waals surface area contributed by atoms with Crippen LogP contribution in [0.15, 0.2) is 28.1 Å². The summed E-state index contributed by atoms with van der Waals surface area (Å²) in [6.07, 6.45) is -4.47. The predicted molar refractivity (Wildman–Crippen MR) is 67.7 cm³/mol. The standard InChI is InChI=1S/C11H12F3N3S/c1-6(17-5-10(15)16)8-3-2-7(18)4-9(8)11(12,13)14/h2-4,18H,5H2,1H3,(H3,15,16). The van der Waals surface area contributed by atoms with Gasteiger partial charge in [0.25, 0.3) is 0 Å². The number of nitrogens with two attached hydrogens (primary N) is 1. The van der Waals surface area contributed by atoms with E-state index >= 15 is 0 Å². The summed E-state index contributed by atoms with van der Waals surface area (Å²) in [6.45, 7) is 1.33. The number of nitrogens with zero attached hydrogens (tertiary/aromatic N) is 1. The molecule has 98 valence electrons. The minimum Gasteiger partial charge on any atom is -0.386 e. The van der Waals surface area contributed by atoms with Crippen molar-refractivity contribution in [3.63, 3.8) is 0 Å². The van der Waals surface area contributed by atoms with E-state index < -0.39 is 11.7 Å². The first-order valence-electron chi connectivity index (χ1n) is 4.96. The van der Waals surface area contributed by atoms with Gasteiger partial charge in [-0.25, -0.2) is 0 Å². The van der Waals surface area contributed by atoms with E-state index in [4.69, 9.17) is 11.1 Å². The summed E-state index contributed by atoms with van der Waals surface area (Å²) in [5.74, 6) is -0.200. The molecule has 0 aliphatic heterocycles. The van der Waals surface area contributed by atoms with Gasteiger partial charge < -0.3 is 5.73 Å². The second-order valence-electron chi connectivity index (χ2n) is 3.65. The lowest BCUT2D eigenvalue weighted by Gasteiger charge is -2.13. The van der Waals surface area contributed by atoms with Crippen LogP contribution in [-0.2, 0) is 6.18 Å². The van der Waals surface area contributed by atoms with Crippen molar-refractivity contribution in [2.45, 2.75) is 18.0 Å². The lowest BCUT2D eigenvalue weighted by atomic mass is 10.0. The molecule has 18 heavy (non-hydrogen) atoms. The summed E-state index contributed by atoms with van der Waals surface area (Å²) in [6, 6.07) is 3.72. The fraction of sp³-hybridized carbons (Fsp3) is 0.273. The largest absolute Gasteiger partial charge is 0.417 e. The molecule has 0 saturated heterocycles. The quantitative estimate of drug-likeness (QED) is 0.443. The second-order valence-corrected chi connectivity index (χ2v) is 4.17. The number of amidine groups is 1. The van der Waals surface area contributed by atoms with Crippen LogP contribution in [0.4, 0.5) is 13.2 Å². The molecule has 7 heteroatoms. The normalized spacial score (nSPS) is 12.6. The number of hydrogen-bond donors (Lipinski definition) is 3. The zero-order valence-electron chi connectivity index (χ0n) is 9.54. The van der Waals surface area contributed by atoms with Crippen molar-refractivity contribution in [1.29, 1.82) is 5.41 Å². The van der Waals surface area contributed by atoms with Gasteiger partial charge in [0.05, 0.1) is 12.1 Å². The van der Waals surface area contributed by atoms with Crippen LogP contribution < -0.4 is 5.73 Å². The highest BCUT2D eigenvalue weighted by molar-refractivity contribution is 7.80. The van der Waals surface area contributed by atoms with Crippen LogP contribution in [0.3, 0.4) is 0 Å². The van der Waals surface area contributed by atoms with Crippen molar-refractivity contribution in [3.05, 3.63) is 29.3 Å². The van der Waals surface area contributed by atoms with Gasteiger partial charge in [0.15, 0.2) is 0 Å². The Morgan fingerprint density at radius 2 is 2.06 bits per heavy atom. The number of halogens is 3. The number of benzene rings is 1. The van der Waals surface area contributed by atoms with Gasteiger partial charge in [-0.3, -0.25) is 10.4 Å². The number of thiol groups is 1. The molecule has 0 aromatic heterocycles. The van der Waals surface area contributed by atoms with Crippen LogP contribution in [0, 0.1) is 5.41 Å². The topological polar surface area (TPSA) is 62.2 Å². The van der Waals surface area contributed by atoms with E-state index in [-0.39, 0.29) is 28.6 Å². The zero-order chi connectivity index (χ0) is 13.9. The Bertz CT molecular complexity index is 495. The molecule has 0 radical (unpaired) electrons. The van der Waals surface area contributed by atoms with Gasteiger partial charge in [0.2, 0.25) is 0 Å². The summed E-state index contributed by atoms with van der Waals surface area (Å²) in [4.78, 5) is 4.07. The molecule has 0 fully saturated rings. The van der Waals surface area contributed by atoms with Gasteiger partial charge in [0, 0.05) is 16.2 Å². The van der Waals surface area contributed by atoms with Crippen molar-refractivity contribution in [2.75, 3.05) is 6.54 Å². The molecule has 0 amide bonds. The number of nitrogens with one attached hydrogen (secondary N) is 1. The zero-order valence-corrected chi connectivity index (χ0v) is 10.4. The number of alkyl halides is 3. The third-order valence-electron chi connectivity index (χ3n) is 2.18. The van der Waals surface area contributed by atoms with Crippen LogP contribution in [-0.4, -0.2) is 18.1 Å². The second kappa shape index (κ2) is 5.43. The van der Waals surface area contributed by atoms with E-state index in [1.54, 1.807) is 0 Å². The van der Waals surface area contributed by atoms with Crippen molar-refractivity contribution in [3.8, 4) is 0 Å². The average Bonchev–Trinajstić information content (AvgIpc) is 2.24. The molecule has 3 nitrogen and oxygen atoms in total. The molecule has 0 unspecified atom stereocenters. The molecular weight excluding hydrogens is 263 g/mol. The van der Waals surface area contributed by atoms with E-state index in [0.717, 1.165) is 6.07 Å². The van der Waals surface area contributed by atoms with Gasteiger partial charge in [-0.05, 0) is 19.1 Å². The van der Waals surface area contributed by atoms with Gasteiger partial charge in [-0.2, -0.15) is 13.2 Å². The maximum absolute atomic E-state index is 12.8. The molecule has 0 spiro atoms. The van der Waals surface area contributed by atoms with Crippen LogP contribution in [0.1, 0.15) is 18.1 Å². The Labute approximate surface area is 108 Å². The first-order valence-corrected chi connectivity index (χ1v) is 5.41. The lowest BCUT2D eigenvalue weighted by molar-refractivity contribution is -0.137. The summed E-state index contributed by atoms with van der Waals surface area (Å²) in [7, 11) is 0. The Hall–Kier alpha value is -1.50. The number of aliphatic imine (C=N–C) groups is 1. The van der Waals surface area contributed by atoms with E-state index in [1.165, 1.54) is 19.1 Å². The third kappa shape index (κ3) is 3.76. The van der Waals surface area contributed by atoms with Gasteiger partial charge in [0.1, 0.15) is 5.84 Å². The molecule has 0 aliphatic rings. The fourth-order valence-electron chi connectivity index (χ4n) is 1.37. The highest BCUT2D eigenvalue weighted by Crippen LogP contribution is 2.33. The highest BCUT2D eigenvalue weighted by Gasteiger charge is 2.34. The fourth-order valence-corrected chi connectivity index (χ4v) is 1.57. The average molecular weight is 275 g/mol. The van der Waals surface area contributed by atoms with E-state index in [2.05, 4.69) is 17.6 Å². The van der Waals surface area contributed by atoms with Gasteiger partial charge in [-0.1, -0.05) is 6.07 Å². The number of hydrogen-bond acceptors (Lipinski definition) is 3. The number of rotatable bonds is 3. The SMILES string of the molecule is CC(=NCC(=N)N)c1ccc(S)cc1C(F)(F)F. The molecule has 0 aliphatic carbocycles. The van der Waals surface area contributed by atoms with E-state index in [0.29, 0.717) is 0 Å². The molecular formula is C11H12F3N3S. The molecule has 0 saturated carbocycles. The molecule has 0 bridgehead atoms. The summed E-state index contributed by atoms with van der Waals surface area (Å²) >= 11 is 3.89. The van der Waals surface area contributed by atoms with Crippen molar-refractivity contribution >= 4 is 24.2 Å². The Kier molecular flexibility index (Phi) is 4.39. The molecule has 3 N–H and O–H groups in total. The van der Waals surface area contributed by atoms with Gasteiger partial charge in [-0.15, -0.1) is 12.6 Å². The first kappa shape index (κ1) is 14.6.